The van der Waals surface area contributed by atoms with Crippen LogP contribution in [0.5, 0.6) is 5.75 Å². The van der Waals surface area contributed by atoms with Crippen molar-refractivity contribution >= 4 is 10.9 Å². The third-order valence-corrected chi connectivity index (χ3v) is 6.67. The molecular weight excluding hydrogens is 358 g/mol. The fraction of sp³-hybridized carbons (Fsp3) is 0.440. The van der Waals surface area contributed by atoms with E-state index < -0.39 is 0 Å². The Morgan fingerprint density at radius 1 is 1.21 bits per heavy atom. The second-order valence-electron chi connectivity index (χ2n) is 9.12. The van der Waals surface area contributed by atoms with Gasteiger partial charge in [-0.2, -0.15) is 0 Å². The number of benzene rings is 2. The van der Waals surface area contributed by atoms with Crippen LogP contribution in [0.1, 0.15) is 38.7 Å². The van der Waals surface area contributed by atoms with E-state index in [2.05, 4.69) is 61.0 Å². The molecule has 1 saturated heterocycles. The van der Waals surface area contributed by atoms with Crippen LogP contribution in [0.2, 0.25) is 0 Å². The summed E-state index contributed by atoms with van der Waals surface area (Å²) in [6, 6.07) is 17.8. The van der Waals surface area contributed by atoms with Crippen LogP contribution in [0, 0.1) is 5.41 Å². The molecule has 0 bridgehead atoms. The van der Waals surface area contributed by atoms with Gasteiger partial charge in [0.1, 0.15) is 5.75 Å². The number of hydrogen-bond acceptors (Lipinski definition) is 3. The monoisotopic (exact) mass is 391 g/mol. The van der Waals surface area contributed by atoms with Crippen LogP contribution in [0.15, 0.2) is 48.5 Å². The molecule has 2 aromatic carbocycles. The van der Waals surface area contributed by atoms with Crippen LogP contribution >= 0.6 is 0 Å². The number of methoxy groups -OCH3 is 1. The summed E-state index contributed by atoms with van der Waals surface area (Å²) in [6.45, 7) is 9.96. The van der Waals surface area contributed by atoms with Crippen LogP contribution in [0.3, 0.4) is 0 Å². The number of nitrogens with zero attached hydrogens (tertiary/aromatic N) is 1. The fourth-order valence-corrected chi connectivity index (χ4v) is 4.92. The van der Waals surface area contributed by atoms with Gasteiger partial charge in [-0.15, -0.1) is 0 Å². The Balaban J connectivity index is 1.64. The van der Waals surface area contributed by atoms with Gasteiger partial charge in [0.2, 0.25) is 0 Å². The molecule has 0 saturated carbocycles. The van der Waals surface area contributed by atoms with E-state index in [9.17, 15) is 0 Å². The van der Waals surface area contributed by atoms with Gasteiger partial charge < -0.3 is 15.5 Å². The Bertz CT molecular complexity index is 991. The van der Waals surface area contributed by atoms with Gasteiger partial charge in [-0.25, -0.2) is 0 Å². The summed E-state index contributed by atoms with van der Waals surface area (Å²) in [5.41, 5.74) is 10.9. The van der Waals surface area contributed by atoms with E-state index in [0.717, 1.165) is 36.6 Å². The quantitative estimate of drug-likeness (QED) is 0.643. The molecule has 29 heavy (non-hydrogen) atoms. The lowest BCUT2D eigenvalue weighted by molar-refractivity contribution is 0.0670. The maximum absolute atomic E-state index is 5.92. The fourth-order valence-electron chi connectivity index (χ4n) is 4.92. The number of hydrogen-bond donors (Lipinski definition) is 2. The number of nitrogens with one attached hydrogen (secondary N) is 1. The van der Waals surface area contributed by atoms with Crippen LogP contribution in [0.4, 0.5) is 0 Å². The number of aromatic nitrogens is 1. The van der Waals surface area contributed by atoms with Crippen molar-refractivity contribution in [3.8, 4) is 17.0 Å². The zero-order valence-electron chi connectivity index (χ0n) is 18.0. The van der Waals surface area contributed by atoms with Gasteiger partial charge in [0.25, 0.3) is 0 Å². The minimum atomic E-state index is 0.219. The van der Waals surface area contributed by atoms with E-state index in [-0.39, 0.29) is 5.41 Å². The molecule has 4 heteroatoms. The molecule has 0 spiro atoms. The summed E-state index contributed by atoms with van der Waals surface area (Å²) in [6.07, 6.45) is 1.17. The van der Waals surface area contributed by atoms with Gasteiger partial charge in [-0.1, -0.05) is 32.0 Å². The Hall–Kier alpha value is -2.30. The van der Waals surface area contributed by atoms with Gasteiger partial charge >= 0.3 is 0 Å². The van der Waals surface area contributed by atoms with Crippen LogP contribution in [0.25, 0.3) is 22.2 Å². The van der Waals surface area contributed by atoms with Crippen molar-refractivity contribution in [1.82, 2.24) is 9.88 Å². The number of aromatic amines is 1. The van der Waals surface area contributed by atoms with Crippen molar-refractivity contribution in [2.75, 3.05) is 26.7 Å². The standard InChI is InChI=1S/C25H33N3O/c1-17(15-26)28-12-11-21(25(2,3)16-28)18-9-10-22-19(13-18)14-23(27-22)20-7-5-6-8-24(20)29-4/h5-10,13-14,17,21,27H,11-12,15-16,26H2,1-4H3. The first-order chi connectivity index (χ1) is 13.9. The number of rotatable bonds is 5. The van der Waals surface area contributed by atoms with E-state index in [1.165, 1.54) is 22.9 Å². The van der Waals surface area contributed by atoms with Crippen molar-refractivity contribution < 1.29 is 4.74 Å². The van der Waals surface area contributed by atoms with Gasteiger partial charge in [-0.3, -0.25) is 4.90 Å². The number of ether oxygens (including phenoxy) is 1. The molecule has 1 fully saturated rings. The SMILES string of the molecule is COc1ccccc1-c1cc2cc(C3CCN(C(C)CN)CC3(C)C)ccc2[nH]1. The predicted octanol–water partition coefficient (Wildman–Crippen LogP) is 5.01. The van der Waals surface area contributed by atoms with E-state index in [1.54, 1.807) is 7.11 Å². The molecule has 2 unspecified atom stereocenters. The summed E-state index contributed by atoms with van der Waals surface area (Å²) in [5, 5.41) is 1.26. The third kappa shape index (κ3) is 3.79. The lowest BCUT2D eigenvalue weighted by Gasteiger charge is -2.46. The average molecular weight is 392 g/mol. The second kappa shape index (κ2) is 7.85. The minimum absolute atomic E-state index is 0.219. The molecule has 3 N–H and O–H groups in total. The van der Waals surface area contributed by atoms with E-state index in [4.69, 9.17) is 10.5 Å². The Kier molecular flexibility index (Phi) is 5.41. The highest BCUT2D eigenvalue weighted by Crippen LogP contribution is 2.43. The highest BCUT2D eigenvalue weighted by Gasteiger charge is 2.37. The van der Waals surface area contributed by atoms with Crippen LogP contribution in [-0.4, -0.2) is 42.7 Å². The first kappa shape index (κ1) is 20.0. The highest BCUT2D eigenvalue weighted by molar-refractivity contribution is 5.87. The van der Waals surface area contributed by atoms with Crippen molar-refractivity contribution in [1.29, 1.82) is 0 Å². The van der Waals surface area contributed by atoms with Gasteiger partial charge in [-0.05, 0) is 67.1 Å². The summed E-state index contributed by atoms with van der Waals surface area (Å²) < 4.78 is 5.55. The first-order valence-corrected chi connectivity index (χ1v) is 10.6. The van der Waals surface area contributed by atoms with Crippen LogP contribution < -0.4 is 10.5 Å². The zero-order valence-corrected chi connectivity index (χ0v) is 18.0. The lowest BCUT2D eigenvalue weighted by Crippen LogP contribution is -2.50. The number of H-pyrrole nitrogens is 1. The highest BCUT2D eigenvalue weighted by atomic mass is 16.5. The Morgan fingerprint density at radius 2 is 2.00 bits per heavy atom. The largest absolute Gasteiger partial charge is 0.496 e. The molecule has 1 aromatic heterocycles. The summed E-state index contributed by atoms with van der Waals surface area (Å²) >= 11 is 0. The molecule has 2 atom stereocenters. The smallest absolute Gasteiger partial charge is 0.128 e. The number of nitrogens with two attached hydrogens (primary N) is 1. The topological polar surface area (TPSA) is 54.3 Å². The van der Waals surface area contributed by atoms with E-state index >= 15 is 0 Å². The molecule has 0 radical (unpaired) electrons. The number of likely N-dealkylation sites (tertiary alicyclic amines) is 1. The number of piperidine rings is 1. The molecule has 4 rings (SSSR count). The van der Waals surface area contributed by atoms with E-state index in [0.29, 0.717) is 12.0 Å². The molecule has 2 heterocycles. The van der Waals surface area contributed by atoms with Crippen LogP contribution in [-0.2, 0) is 0 Å². The zero-order chi connectivity index (χ0) is 20.6. The maximum Gasteiger partial charge on any atom is 0.128 e. The van der Waals surface area contributed by atoms with Crippen molar-refractivity contribution in [3.05, 3.63) is 54.1 Å². The number of fused-ring (bicyclic) bond motifs is 1. The van der Waals surface area contributed by atoms with E-state index in [1.807, 2.05) is 18.2 Å². The molecule has 1 aliphatic heterocycles. The summed E-state index contributed by atoms with van der Waals surface area (Å²) in [5.74, 6) is 1.44. The molecule has 154 valence electrons. The maximum atomic E-state index is 5.92. The average Bonchev–Trinajstić information content (AvgIpc) is 3.15. The summed E-state index contributed by atoms with van der Waals surface area (Å²) in [4.78, 5) is 6.11. The number of para-hydroxylation sites is 1. The summed E-state index contributed by atoms with van der Waals surface area (Å²) in [7, 11) is 1.72. The minimum Gasteiger partial charge on any atom is -0.496 e. The van der Waals surface area contributed by atoms with Crippen molar-refractivity contribution in [3.63, 3.8) is 0 Å². The molecule has 1 aliphatic rings. The second-order valence-corrected chi connectivity index (χ2v) is 9.12. The Labute approximate surface area is 174 Å². The predicted molar refractivity (Wildman–Crippen MR) is 122 cm³/mol. The molecule has 0 amide bonds. The third-order valence-electron chi connectivity index (χ3n) is 6.67. The normalized spacial score (nSPS) is 20.7. The lowest BCUT2D eigenvalue weighted by atomic mass is 9.70. The molecule has 3 aromatic rings. The molecule has 4 nitrogen and oxygen atoms in total. The molecule has 0 aliphatic carbocycles. The van der Waals surface area contributed by atoms with Crippen molar-refractivity contribution in [2.24, 2.45) is 11.1 Å². The van der Waals surface area contributed by atoms with Gasteiger partial charge in [0.05, 0.1) is 12.8 Å². The molecular formula is C25H33N3O. The van der Waals surface area contributed by atoms with Gasteiger partial charge in [0, 0.05) is 35.6 Å². The first-order valence-electron chi connectivity index (χ1n) is 10.6. The van der Waals surface area contributed by atoms with Gasteiger partial charge in [0.15, 0.2) is 0 Å². The van der Waals surface area contributed by atoms with Crippen molar-refractivity contribution in [2.45, 2.75) is 39.2 Å². The Morgan fingerprint density at radius 3 is 2.72 bits per heavy atom.